The van der Waals surface area contributed by atoms with Crippen molar-refractivity contribution in [3.63, 3.8) is 0 Å². The molecule has 1 fully saturated rings. The molecule has 0 aliphatic heterocycles. The number of nitrogens with zero attached hydrogens (tertiary/aromatic N) is 2. The van der Waals surface area contributed by atoms with Crippen LogP contribution in [-0.4, -0.2) is 19.0 Å². The number of nitrogens with one attached hydrogen (secondary N) is 2. The van der Waals surface area contributed by atoms with Crippen molar-refractivity contribution in [1.82, 2.24) is 10.6 Å². The zero-order valence-corrected chi connectivity index (χ0v) is 13.6. The lowest BCUT2D eigenvalue weighted by Crippen LogP contribution is -2.44. The summed E-state index contributed by atoms with van der Waals surface area (Å²) in [5.74, 6) is 1.77. The summed E-state index contributed by atoms with van der Waals surface area (Å²) in [6.45, 7) is 3.01. The van der Waals surface area contributed by atoms with Crippen LogP contribution < -0.4 is 10.6 Å². The Morgan fingerprint density at radius 2 is 1.91 bits per heavy atom. The summed E-state index contributed by atoms with van der Waals surface area (Å²) in [6, 6.07) is 10.3. The molecule has 0 atom stereocenters. The summed E-state index contributed by atoms with van der Waals surface area (Å²) in [7, 11) is 1.81. The first kappa shape index (κ1) is 16.4. The van der Waals surface area contributed by atoms with Gasteiger partial charge in [-0.1, -0.05) is 25.5 Å². The Kier molecular flexibility index (Phi) is 6.27. The summed E-state index contributed by atoms with van der Waals surface area (Å²) in [6.07, 6.45) is 6.41. The van der Waals surface area contributed by atoms with Crippen molar-refractivity contribution in [3.05, 3.63) is 35.4 Å². The van der Waals surface area contributed by atoms with Gasteiger partial charge in [0.2, 0.25) is 0 Å². The molecule has 0 aromatic heterocycles. The van der Waals surface area contributed by atoms with Gasteiger partial charge >= 0.3 is 0 Å². The maximum atomic E-state index is 8.81. The smallest absolute Gasteiger partial charge is 0.191 e. The van der Waals surface area contributed by atoms with E-state index in [0.717, 1.165) is 24.0 Å². The van der Waals surface area contributed by atoms with Crippen molar-refractivity contribution in [2.45, 2.75) is 51.6 Å². The normalized spacial score (nSPS) is 22.0. The van der Waals surface area contributed by atoms with Gasteiger partial charge in [0.1, 0.15) is 0 Å². The van der Waals surface area contributed by atoms with Gasteiger partial charge in [0.25, 0.3) is 0 Å². The Bertz CT molecular complexity index is 519. The summed E-state index contributed by atoms with van der Waals surface area (Å²) in [4.78, 5) is 4.31. The Hall–Kier alpha value is -2.02. The first-order chi connectivity index (χ1) is 10.7. The molecule has 0 spiro atoms. The van der Waals surface area contributed by atoms with E-state index in [1.807, 2.05) is 31.3 Å². The minimum atomic E-state index is 0.537. The monoisotopic (exact) mass is 298 g/mol. The predicted octanol–water partition coefficient (Wildman–Crippen LogP) is 3.19. The molecule has 1 aromatic carbocycles. The largest absolute Gasteiger partial charge is 0.354 e. The number of hydrogen-bond donors (Lipinski definition) is 2. The van der Waals surface area contributed by atoms with Gasteiger partial charge in [-0.3, -0.25) is 4.99 Å². The van der Waals surface area contributed by atoms with Crippen LogP contribution in [0.25, 0.3) is 0 Å². The maximum absolute atomic E-state index is 8.81. The summed E-state index contributed by atoms with van der Waals surface area (Å²) in [5, 5.41) is 15.7. The SMILES string of the molecule is CCC1CCC(NC(=NC)NCc2ccc(C#N)cc2)CC1. The number of hydrogen-bond acceptors (Lipinski definition) is 2. The molecule has 0 saturated heterocycles. The molecule has 0 radical (unpaired) electrons. The summed E-state index contributed by atoms with van der Waals surface area (Å²) >= 11 is 0. The van der Waals surface area contributed by atoms with Crippen molar-refractivity contribution < 1.29 is 0 Å². The minimum Gasteiger partial charge on any atom is -0.354 e. The van der Waals surface area contributed by atoms with Gasteiger partial charge < -0.3 is 10.6 Å². The van der Waals surface area contributed by atoms with Gasteiger partial charge in [-0.05, 0) is 49.3 Å². The van der Waals surface area contributed by atoms with Gasteiger partial charge in [-0.2, -0.15) is 5.26 Å². The van der Waals surface area contributed by atoms with Crippen LogP contribution >= 0.6 is 0 Å². The molecule has 0 bridgehead atoms. The number of benzene rings is 1. The highest BCUT2D eigenvalue weighted by molar-refractivity contribution is 5.79. The van der Waals surface area contributed by atoms with E-state index in [0.29, 0.717) is 11.6 Å². The van der Waals surface area contributed by atoms with Gasteiger partial charge in [0, 0.05) is 19.6 Å². The molecular weight excluding hydrogens is 272 g/mol. The number of aliphatic imine (C=N–C) groups is 1. The third-order valence-electron chi connectivity index (χ3n) is 4.53. The van der Waals surface area contributed by atoms with Crippen LogP contribution in [0.15, 0.2) is 29.3 Å². The lowest BCUT2D eigenvalue weighted by atomic mass is 9.84. The Labute approximate surface area is 133 Å². The fourth-order valence-corrected chi connectivity index (χ4v) is 2.99. The number of rotatable bonds is 4. The summed E-state index contributed by atoms with van der Waals surface area (Å²) < 4.78 is 0. The molecule has 0 amide bonds. The van der Waals surface area contributed by atoms with Crippen LogP contribution in [0, 0.1) is 17.2 Å². The second kappa shape index (κ2) is 8.43. The fourth-order valence-electron chi connectivity index (χ4n) is 2.99. The maximum Gasteiger partial charge on any atom is 0.191 e. The van der Waals surface area contributed by atoms with Crippen molar-refractivity contribution in [2.75, 3.05) is 7.05 Å². The van der Waals surface area contributed by atoms with E-state index >= 15 is 0 Å². The molecule has 0 unspecified atom stereocenters. The van der Waals surface area contributed by atoms with Gasteiger partial charge in [0.15, 0.2) is 5.96 Å². The molecule has 1 aliphatic carbocycles. The molecule has 1 saturated carbocycles. The zero-order valence-electron chi connectivity index (χ0n) is 13.6. The van der Waals surface area contributed by atoms with Crippen molar-refractivity contribution >= 4 is 5.96 Å². The molecule has 22 heavy (non-hydrogen) atoms. The van der Waals surface area contributed by atoms with Crippen LogP contribution in [0.2, 0.25) is 0 Å². The van der Waals surface area contributed by atoms with E-state index in [1.54, 1.807) is 0 Å². The van der Waals surface area contributed by atoms with Gasteiger partial charge in [-0.15, -0.1) is 0 Å². The first-order valence-corrected chi connectivity index (χ1v) is 8.21. The van der Waals surface area contributed by atoms with Crippen molar-refractivity contribution in [1.29, 1.82) is 5.26 Å². The van der Waals surface area contributed by atoms with Crippen LogP contribution in [-0.2, 0) is 6.54 Å². The molecule has 2 rings (SSSR count). The van der Waals surface area contributed by atoms with Crippen LogP contribution in [0.3, 0.4) is 0 Å². The molecule has 1 aromatic rings. The first-order valence-electron chi connectivity index (χ1n) is 8.21. The van der Waals surface area contributed by atoms with E-state index in [-0.39, 0.29) is 0 Å². The molecule has 0 heterocycles. The van der Waals surface area contributed by atoms with E-state index in [4.69, 9.17) is 5.26 Å². The Morgan fingerprint density at radius 1 is 1.23 bits per heavy atom. The van der Waals surface area contributed by atoms with E-state index in [9.17, 15) is 0 Å². The predicted molar refractivity (Wildman–Crippen MR) is 90.5 cm³/mol. The van der Waals surface area contributed by atoms with Crippen LogP contribution in [0.5, 0.6) is 0 Å². The topological polar surface area (TPSA) is 60.2 Å². The highest BCUT2D eigenvalue weighted by Crippen LogP contribution is 2.26. The molecule has 2 N–H and O–H groups in total. The Balaban J connectivity index is 1.79. The molecular formula is C18H26N4. The second-order valence-corrected chi connectivity index (χ2v) is 6.00. The van der Waals surface area contributed by atoms with Crippen LogP contribution in [0.1, 0.15) is 50.2 Å². The van der Waals surface area contributed by atoms with Gasteiger partial charge in [-0.25, -0.2) is 0 Å². The third kappa shape index (κ3) is 4.77. The standard InChI is InChI=1S/C18H26N4/c1-3-14-8-10-17(11-9-14)22-18(20-2)21-13-16-6-4-15(12-19)5-7-16/h4-7,14,17H,3,8-11,13H2,1-2H3,(H2,20,21,22). The average molecular weight is 298 g/mol. The van der Waals surface area contributed by atoms with Crippen LogP contribution in [0.4, 0.5) is 0 Å². The molecule has 118 valence electrons. The Morgan fingerprint density at radius 3 is 2.45 bits per heavy atom. The minimum absolute atomic E-state index is 0.537. The van der Waals surface area contributed by atoms with E-state index in [1.165, 1.54) is 32.1 Å². The average Bonchev–Trinajstić information content (AvgIpc) is 2.59. The van der Waals surface area contributed by atoms with Gasteiger partial charge in [0.05, 0.1) is 11.6 Å². The van der Waals surface area contributed by atoms with Crippen molar-refractivity contribution in [3.8, 4) is 6.07 Å². The summed E-state index contributed by atoms with van der Waals surface area (Å²) in [5.41, 5.74) is 1.84. The highest BCUT2D eigenvalue weighted by Gasteiger charge is 2.20. The molecule has 4 heteroatoms. The molecule has 4 nitrogen and oxygen atoms in total. The lowest BCUT2D eigenvalue weighted by molar-refractivity contribution is 0.304. The second-order valence-electron chi connectivity index (χ2n) is 6.00. The highest BCUT2D eigenvalue weighted by atomic mass is 15.2. The lowest BCUT2D eigenvalue weighted by Gasteiger charge is -2.29. The molecule has 1 aliphatic rings. The quantitative estimate of drug-likeness (QED) is 0.663. The zero-order chi connectivity index (χ0) is 15.8. The fraction of sp³-hybridized carbons (Fsp3) is 0.556. The van der Waals surface area contributed by atoms with E-state index < -0.39 is 0 Å². The van der Waals surface area contributed by atoms with E-state index in [2.05, 4.69) is 28.6 Å². The number of guanidine groups is 1. The number of nitriles is 1. The van der Waals surface area contributed by atoms with Crippen molar-refractivity contribution in [2.24, 2.45) is 10.9 Å². The third-order valence-corrected chi connectivity index (χ3v) is 4.53.